The zero-order chi connectivity index (χ0) is 17.6. The maximum Gasteiger partial charge on any atom is 0.277 e. The van der Waals surface area contributed by atoms with Gasteiger partial charge in [-0.05, 0) is 31.0 Å². The lowest BCUT2D eigenvalue weighted by Crippen LogP contribution is -2.15. The molecule has 2 heterocycles. The summed E-state index contributed by atoms with van der Waals surface area (Å²) in [5, 5.41) is 10.5. The number of amides is 1. The molecule has 0 aliphatic carbocycles. The summed E-state index contributed by atoms with van der Waals surface area (Å²) in [5.74, 6) is 0.324. The highest BCUT2D eigenvalue weighted by molar-refractivity contribution is 6.02. The molecule has 1 aromatic carbocycles. The minimum Gasteiger partial charge on any atom is -0.472 e. The standard InChI is InChI=1S/C18H17N5O2/c1-12-8-16(23-22-13(12)2)21-18(24)15-9-20-17(10-19-15)25-11-14-6-4-3-5-7-14/h3-10H,11H2,1-2H3,(H,21,23,24). The van der Waals surface area contributed by atoms with E-state index in [2.05, 4.69) is 25.5 Å². The van der Waals surface area contributed by atoms with Crippen LogP contribution in [0.25, 0.3) is 0 Å². The van der Waals surface area contributed by atoms with E-state index in [9.17, 15) is 4.79 Å². The van der Waals surface area contributed by atoms with E-state index in [4.69, 9.17) is 4.74 Å². The van der Waals surface area contributed by atoms with E-state index in [0.717, 1.165) is 16.8 Å². The zero-order valence-electron chi connectivity index (χ0n) is 13.9. The molecule has 0 saturated heterocycles. The van der Waals surface area contributed by atoms with Crippen LogP contribution >= 0.6 is 0 Å². The molecule has 0 aliphatic heterocycles. The Morgan fingerprint density at radius 1 is 1.08 bits per heavy atom. The van der Waals surface area contributed by atoms with Gasteiger partial charge >= 0.3 is 0 Å². The number of carbonyl (C=O) groups is 1. The first kappa shape index (κ1) is 16.5. The summed E-state index contributed by atoms with van der Waals surface area (Å²) in [6, 6.07) is 11.5. The molecule has 3 aromatic rings. The van der Waals surface area contributed by atoms with Gasteiger partial charge in [0, 0.05) is 0 Å². The minimum atomic E-state index is -0.403. The Balaban J connectivity index is 1.61. The Hall–Kier alpha value is -3.35. The van der Waals surface area contributed by atoms with Crippen LogP contribution in [0.4, 0.5) is 5.82 Å². The number of aromatic nitrogens is 4. The van der Waals surface area contributed by atoms with Gasteiger partial charge in [-0.2, -0.15) is 5.10 Å². The van der Waals surface area contributed by atoms with Crippen molar-refractivity contribution in [2.75, 3.05) is 5.32 Å². The van der Waals surface area contributed by atoms with Crippen molar-refractivity contribution in [1.29, 1.82) is 0 Å². The molecule has 0 atom stereocenters. The number of aryl methyl sites for hydroxylation is 2. The SMILES string of the molecule is Cc1cc(NC(=O)c2cnc(OCc3ccccc3)cn2)nnc1C. The largest absolute Gasteiger partial charge is 0.472 e. The Morgan fingerprint density at radius 3 is 2.56 bits per heavy atom. The molecule has 0 aliphatic rings. The molecule has 0 spiro atoms. The second kappa shape index (κ2) is 7.48. The number of benzene rings is 1. The number of carbonyl (C=O) groups excluding carboxylic acids is 1. The van der Waals surface area contributed by atoms with Crippen molar-refractivity contribution < 1.29 is 9.53 Å². The van der Waals surface area contributed by atoms with Gasteiger partial charge in [-0.25, -0.2) is 9.97 Å². The molecule has 126 valence electrons. The first-order valence-electron chi connectivity index (χ1n) is 7.73. The van der Waals surface area contributed by atoms with Crippen molar-refractivity contribution in [2.24, 2.45) is 0 Å². The number of nitrogens with zero attached hydrogens (tertiary/aromatic N) is 4. The Labute approximate surface area is 145 Å². The normalized spacial score (nSPS) is 10.3. The fraction of sp³-hybridized carbons (Fsp3) is 0.167. The molecule has 0 saturated carbocycles. The maximum absolute atomic E-state index is 12.2. The van der Waals surface area contributed by atoms with Crippen molar-refractivity contribution in [3.63, 3.8) is 0 Å². The van der Waals surface area contributed by atoms with Gasteiger partial charge in [0.2, 0.25) is 5.88 Å². The second-order valence-corrected chi connectivity index (χ2v) is 5.47. The molecular weight excluding hydrogens is 318 g/mol. The molecule has 0 radical (unpaired) electrons. The van der Waals surface area contributed by atoms with Gasteiger partial charge in [-0.1, -0.05) is 30.3 Å². The molecular formula is C18H17N5O2. The topological polar surface area (TPSA) is 89.9 Å². The van der Waals surface area contributed by atoms with Crippen LogP contribution in [0.2, 0.25) is 0 Å². The van der Waals surface area contributed by atoms with Crippen LogP contribution in [0.5, 0.6) is 5.88 Å². The lowest BCUT2D eigenvalue weighted by atomic mass is 10.2. The van der Waals surface area contributed by atoms with Crippen molar-refractivity contribution in [3.8, 4) is 5.88 Å². The summed E-state index contributed by atoms with van der Waals surface area (Å²) in [4.78, 5) is 20.4. The summed E-state index contributed by atoms with van der Waals surface area (Å²) in [5.41, 5.74) is 2.96. The number of rotatable bonds is 5. The molecule has 7 nitrogen and oxygen atoms in total. The van der Waals surface area contributed by atoms with Gasteiger partial charge in [0.25, 0.3) is 5.91 Å². The van der Waals surface area contributed by atoms with Crippen LogP contribution in [-0.2, 0) is 6.61 Å². The molecule has 1 N–H and O–H groups in total. The predicted molar refractivity (Wildman–Crippen MR) is 92.3 cm³/mol. The summed E-state index contributed by atoms with van der Waals surface area (Å²) < 4.78 is 5.55. The number of hydrogen-bond acceptors (Lipinski definition) is 6. The highest BCUT2D eigenvalue weighted by Gasteiger charge is 2.10. The number of anilines is 1. The van der Waals surface area contributed by atoms with E-state index in [1.54, 1.807) is 6.07 Å². The second-order valence-electron chi connectivity index (χ2n) is 5.47. The third kappa shape index (κ3) is 4.35. The molecule has 7 heteroatoms. The van der Waals surface area contributed by atoms with Crippen LogP contribution in [0.1, 0.15) is 27.3 Å². The highest BCUT2D eigenvalue weighted by Crippen LogP contribution is 2.11. The molecule has 2 aromatic heterocycles. The summed E-state index contributed by atoms with van der Waals surface area (Å²) >= 11 is 0. The number of nitrogens with one attached hydrogen (secondary N) is 1. The van der Waals surface area contributed by atoms with Gasteiger partial charge in [-0.3, -0.25) is 4.79 Å². The summed E-state index contributed by atoms with van der Waals surface area (Å²) in [7, 11) is 0. The monoisotopic (exact) mass is 335 g/mol. The molecule has 0 fully saturated rings. The van der Waals surface area contributed by atoms with Crippen LogP contribution in [0.3, 0.4) is 0 Å². The first-order valence-corrected chi connectivity index (χ1v) is 7.73. The van der Waals surface area contributed by atoms with Gasteiger partial charge in [0.15, 0.2) is 5.82 Å². The van der Waals surface area contributed by atoms with Crippen LogP contribution < -0.4 is 10.1 Å². The lowest BCUT2D eigenvalue weighted by molar-refractivity contribution is 0.102. The van der Waals surface area contributed by atoms with Gasteiger partial charge < -0.3 is 10.1 Å². The third-order valence-electron chi connectivity index (χ3n) is 3.56. The smallest absolute Gasteiger partial charge is 0.277 e. The maximum atomic E-state index is 12.2. The molecule has 0 bridgehead atoms. The average Bonchev–Trinajstić information content (AvgIpc) is 2.64. The first-order chi connectivity index (χ1) is 12.1. The van der Waals surface area contributed by atoms with E-state index in [1.165, 1.54) is 12.4 Å². The summed E-state index contributed by atoms with van der Waals surface area (Å²) in [6.45, 7) is 4.14. The molecule has 25 heavy (non-hydrogen) atoms. The van der Waals surface area contributed by atoms with Crippen molar-refractivity contribution in [1.82, 2.24) is 20.2 Å². The fourth-order valence-corrected chi connectivity index (χ4v) is 2.03. The Bertz CT molecular complexity index is 866. The highest BCUT2D eigenvalue weighted by atomic mass is 16.5. The van der Waals surface area contributed by atoms with Crippen LogP contribution in [0, 0.1) is 13.8 Å². The van der Waals surface area contributed by atoms with E-state index in [1.807, 2.05) is 44.2 Å². The Kier molecular flexibility index (Phi) is 4.94. The van der Waals surface area contributed by atoms with Crippen LogP contribution in [0.15, 0.2) is 48.8 Å². The number of ether oxygens (including phenoxy) is 1. The lowest BCUT2D eigenvalue weighted by Gasteiger charge is -2.07. The van der Waals surface area contributed by atoms with Gasteiger partial charge in [0.1, 0.15) is 12.3 Å². The van der Waals surface area contributed by atoms with E-state index >= 15 is 0 Å². The molecule has 1 amide bonds. The Morgan fingerprint density at radius 2 is 1.88 bits per heavy atom. The van der Waals surface area contributed by atoms with Crippen molar-refractivity contribution >= 4 is 11.7 Å². The minimum absolute atomic E-state index is 0.173. The number of hydrogen-bond donors (Lipinski definition) is 1. The van der Waals surface area contributed by atoms with Gasteiger partial charge in [0.05, 0.1) is 18.1 Å². The van der Waals surface area contributed by atoms with E-state index in [0.29, 0.717) is 18.3 Å². The zero-order valence-corrected chi connectivity index (χ0v) is 13.9. The molecule has 3 rings (SSSR count). The predicted octanol–water partition coefficient (Wildman–Crippen LogP) is 2.71. The average molecular weight is 335 g/mol. The van der Waals surface area contributed by atoms with Crippen LogP contribution in [-0.4, -0.2) is 26.1 Å². The summed E-state index contributed by atoms with van der Waals surface area (Å²) in [6.07, 6.45) is 2.79. The van der Waals surface area contributed by atoms with E-state index < -0.39 is 5.91 Å². The van der Waals surface area contributed by atoms with E-state index in [-0.39, 0.29) is 5.69 Å². The quantitative estimate of drug-likeness (QED) is 0.771. The fourth-order valence-electron chi connectivity index (χ4n) is 2.03. The molecule has 0 unspecified atom stereocenters. The third-order valence-corrected chi connectivity index (χ3v) is 3.56. The van der Waals surface area contributed by atoms with Crippen molar-refractivity contribution in [2.45, 2.75) is 20.5 Å². The van der Waals surface area contributed by atoms with Gasteiger partial charge in [-0.15, -0.1) is 5.10 Å². The van der Waals surface area contributed by atoms with Crippen molar-refractivity contribution in [3.05, 3.63) is 71.3 Å².